The van der Waals surface area contributed by atoms with E-state index in [2.05, 4.69) is 30.1 Å². The van der Waals surface area contributed by atoms with Gasteiger partial charge in [0.05, 0.1) is 18.8 Å². The number of amides is 1. The summed E-state index contributed by atoms with van der Waals surface area (Å²) in [6, 6.07) is 8.19. The summed E-state index contributed by atoms with van der Waals surface area (Å²) in [4.78, 5) is 15.7. The molecule has 0 spiro atoms. The van der Waals surface area contributed by atoms with Crippen molar-refractivity contribution in [1.82, 2.24) is 9.80 Å². The summed E-state index contributed by atoms with van der Waals surface area (Å²) in [6.45, 7) is 7.30. The summed E-state index contributed by atoms with van der Waals surface area (Å²) < 4.78 is 5.78. The van der Waals surface area contributed by atoms with Gasteiger partial charge in [-0.15, -0.1) is 0 Å². The number of nitrogens with zero attached hydrogens (tertiary/aromatic N) is 2. The van der Waals surface area contributed by atoms with Crippen LogP contribution in [0, 0.1) is 0 Å². The van der Waals surface area contributed by atoms with Crippen molar-refractivity contribution < 1.29 is 9.53 Å². The van der Waals surface area contributed by atoms with Gasteiger partial charge in [-0.25, -0.2) is 0 Å². The molecule has 0 aliphatic carbocycles. The Hall–Kier alpha value is -1.59. The first-order valence-corrected chi connectivity index (χ1v) is 7.85. The van der Waals surface area contributed by atoms with Crippen LogP contribution in [0.2, 0.25) is 0 Å². The van der Waals surface area contributed by atoms with Crippen molar-refractivity contribution in [2.24, 2.45) is 0 Å². The topological polar surface area (TPSA) is 44.8 Å². The molecule has 2 unspecified atom stereocenters. The molecule has 1 aliphatic rings. The van der Waals surface area contributed by atoms with Crippen LogP contribution in [0.15, 0.2) is 24.3 Å². The van der Waals surface area contributed by atoms with Crippen molar-refractivity contribution in [2.45, 2.75) is 32.6 Å². The van der Waals surface area contributed by atoms with E-state index in [9.17, 15) is 4.79 Å². The van der Waals surface area contributed by atoms with Gasteiger partial charge < -0.3 is 15.0 Å². The SMILES string of the molecule is CC1CN(Cc2ccccc2NCC(=O)N(C)C)CC(C)O1. The van der Waals surface area contributed by atoms with Gasteiger partial charge in [-0.1, -0.05) is 18.2 Å². The number of hydrogen-bond donors (Lipinski definition) is 1. The summed E-state index contributed by atoms with van der Waals surface area (Å²) >= 11 is 0. The largest absolute Gasteiger partial charge is 0.376 e. The minimum absolute atomic E-state index is 0.0726. The molecule has 0 aromatic heterocycles. The van der Waals surface area contributed by atoms with Crippen LogP contribution in [-0.2, 0) is 16.1 Å². The van der Waals surface area contributed by atoms with E-state index in [1.807, 2.05) is 18.2 Å². The lowest BCUT2D eigenvalue weighted by atomic mass is 10.1. The van der Waals surface area contributed by atoms with E-state index in [0.717, 1.165) is 25.3 Å². The van der Waals surface area contributed by atoms with Gasteiger partial charge >= 0.3 is 0 Å². The Bertz CT molecular complexity index is 494. The molecule has 1 aliphatic heterocycles. The summed E-state index contributed by atoms with van der Waals surface area (Å²) in [5.74, 6) is 0.0726. The second-order valence-electron chi connectivity index (χ2n) is 6.25. The monoisotopic (exact) mass is 305 g/mol. The number of nitrogens with one attached hydrogen (secondary N) is 1. The molecule has 122 valence electrons. The molecule has 1 aromatic rings. The third-order valence-corrected chi connectivity index (χ3v) is 3.84. The zero-order valence-electron chi connectivity index (χ0n) is 14.0. The highest BCUT2D eigenvalue weighted by atomic mass is 16.5. The lowest BCUT2D eigenvalue weighted by Gasteiger charge is -2.35. The molecule has 0 saturated carbocycles. The van der Waals surface area contributed by atoms with Gasteiger partial charge in [0.15, 0.2) is 0 Å². The fraction of sp³-hybridized carbons (Fsp3) is 0.588. The van der Waals surface area contributed by atoms with Crippen LogP contribution in [0.1, 0.15) is 19.4 Å². The van der Waals surface area contributed by atoms with Crippen molar-refractivity contribution in [1.29, 1.82) is 0 Å². The van der Waals surface area contributed by atoms with E-state index in [0.29, 0.717) is 6.54 Å². The minimum atomic E-state index is 0.0726. The van der Waals surface area contributed by atoms with Gasteiger partial charge in [-0.3, -0.25) is 9.69 Å². The van der Waals surface area contributed by atoms with Gasteiger partial charge in [0.2, 0.25) is 5.91 Å². The number of para-hydroxylation sites is 1. The second-order valence-corrected chi connectivity index (χ2v) is 6.25. The number of carbonyl (C=O) groups excluding carboxylic acids is 1. The standard InChI is InChI=1S/C17H27N3O2/c1-13-10-20(11-14(2)22-13)12-15-7-5-6-8-16(15)18-9-17(21)19(3)4/h5-8,13-14,18H,9-12H2,1-4H3. The maximum absolute atomic E-state index is 11.7. The predicted molar refractivity (Wildman–Crippen MR) is 88.9 cm³/mol. The average Bonchev–Trinajstić information content (AvgIpc) is 2.44. The quantitative estimate of drug-likeness (QED) is 0.901. The lowest BCUT2D eigenvalue weighted by Crippen LogP contribution is -2.44. The first-order chi connectivity index (χ1) is 10.5. The number of benzene rings is 1. The lowest BCUT2D eigenvalue weighted by molar-refractivity contribution is -0.126. The molecule has 1 fully saturated rings. The normalized spacial score (nSPS) is 22.4. The number of morpholine rings is 1. The molecule has 0 bridgehead atoms. The van der Waals surface area contributed by atoms with E-state index in [-0.39, 0.29) is 18.1 Å². The van der Waals surface area contributed by atoms with Crippen molar-refractivity contribution >= 4 is 11.6 Å². The number of likely N-dealkylation sites (N-methyl/N-ethyl adjacent to an activating group) is 1. The van der Waals surface area contributed by atoms with Crippen LogP contribution in [0.3, 0.4) is 0 Å². The fourth-order valence-electron chi connectivity index (χ4n) is 2.81. The summed E-state index contributed by atoms with van der Waals surface area (Å²) in [5.41, 5.74) is 2.25. The molecule has 2 rings (SSSR count). The van der Waals surface area contributed by atoms with Crippen molar-refractivity contribution in [2.75, 3.05) is 39.0 Å². The zero-order chi connectivity index (χ0) is 16.1. The van der Waals surface area contributed by atoms with E-state index in [1.165, 1.54) is 5.56 Å². The number of rotatable bonds is 5. The number of ether oxygens (including phenoxy) is 1. The van der Waals surface area contributed by atoms with Gasteiger partial charge in [-0.2, -0.15) is 0 Å². The molecule has 1 amide bonds. The third-order valence-electron chi connectivity index (χ3n) is 3.84. The summed E-state index contributed by atoms with van der Waals surface area (Å²) in [7, 11) is 3.54. The number of hydrogen-bond acceptors (Lipinski definition) is 4. The second kappa shape index (κ2) is 7.61. The van der Waals surface area contributed by atoms with Crippen LogP contribution in [0.25, 0.3) is 0 Å². The van der Waals surface area contributed by atoms with E-state index < -0.39 is 0 Å². The molecule has 1 aromatic carbocycles. The molecule has 1 saturated heterocycles. The molecule has 22 heavy (non-hydrogen) atoms. The van der Waals surface area contributed by atoms with Gasteiger partial charge in [0, 0.05) is 39.4 Å². The number of anilines is 1. The van der Waals surface area contributed by atoms with Crippen molar-refractivity contribution in [3.63, 3.8) is 0 Å². The van der Waals surface area contributed by atoms with E-state index in [1.54, 1.807) is 19.0 Å². The van der Waals surface area contributed by atoms with Crippen LogP contribution < -0.4 is 5.32 Å². The zero-order valence-corrected chi connectivity index (χ0v) is 14.0. The Labute approximate surface area is 133 Å². The van der Waals surface area contributed by atoms with E-state index >= 15 is 0 Å². The number of carbonyl (C=O) groups is 1. The molecule has 5 heteroatoms. The Morgan fingerprint density at radius 2 is 1.91 bits per heavy atom. The smallest absolute Gasteiger partial charge is 0.241 e. The maximum atomic E-state index is 11.7. The highest BCUT2D eigenvalue weighted by Gasteiger charge is 2.22. The molecular weight excluding hydrogens is 278 g/mol. The Morgan fingerprint density at radius 1 is 1.27 bits per heavy atom. The molecule has 1 heterocycles. The Balaban J connectivity index is 2.00. The molecular formula is C17H27N3O2. The van der Waals surface area contributed by atoms with Crippen LogP contribution >= 0.6 is 0 Å². The van der Waals surface area contributed by atoms with Crippen molar-refractivity contribution in [3.8, 4) is 0 Å². The highest BCUT2D eigenvalue weighted by Crippen LogP contribution is 2.20. The van der Waals surface area contributed by atoms with Crippen LogP contribution in [0.5, 0.6) is 0 Å². The molecule has 2 atom stereocenters. The van der Waals surface area contributed by atoms with Gasteiger partial charge in [0.25, 0.3) is 0 Å². The first kappa shape index (κ1) is 16.8. The Kier molecular flexibility index (Phi) is 5.80. The average molecular weight is 305 g/mol. The van der Waals surface area contributed by atoms with Crippen molar-refractivity contribution in [3.05, 3.63) is 29.8 Å². The van der Waals surface area contributed by atoms with Gasteiger partial charge in [-0.05, 0) is 25.5 Å². The molecule has 5 nitrogen and oxygen atoms in total. The minimum Gasteiger partial charge on any atom is -0.376 e. The van der Waals surface area contributed by atoms with E-state index in [4.69, 9.17) is 4.74 Å². The highest BCUT2D eigenvalue weighted by molar-refractivity contribution is 5.80. The molecule has 1 N–H and O–H groups in total. The fourth-order valence-corrected chi connectivity index (χ4v) is 2.81. The first-order valence-electron chi connectivity index (χ1n) is 7.85. The third kappa shape index (κ3) is 4.71. The van der Waals surface area contributed by atoms with Crippen LogP contribution in [0.4, 0.5) is 5.69 Å². The maximum Gasteiger partial charge on any atom is 0.241 e. The predicted octanol–water partition coefficient (Wildman–Crippen LogP) is 1.80. The van der Waals surface area contributed by atoms with Gasteiger partial charge in [0.1, 0.15) is 0 Å². The summed E-state index contributed by atoms with van der Waals surface area (Å²) in [5, 5.41) is 3.26. The molecule has 0 radical (unpaired) electrons. The summed E-state index contributed by atoms with van der Waals surface area (Å²) in [6.07, 6.45) is 0.526. The Morgan fingerprint density at radius 3 is 2.55 bits per heavy atom. The van der Waals surface area contributed by atoms with Crippen LogP contribution in [-0.4, -0.2) is 61.6 Å².